The lowest BCUT2D eigenvalue weighted by Crippen LogP contribution is -2.51. The molecule has 0 aromatic heterocycles. The van der Waals surface area contributed by atoms with Crippen LogP contribution in [0.4, 0.5) is 0 Å². The van der Waals surface area contributed by atoms with Crippen molar-refractivity contribution in [2.45, 2.75) is 111 Å². The van der Waals surface area contributed by atoms with Gasteiger partial charge in [0.05, 0.1) is 12.4 Å². The Morgan fingerprint density at radius 2 is 1.78 bits per heavy atom. The van der Waals surface area contributed by atoms with E-state index < -0.39 is 10.1 Å². The van der Waals surface area contributed by atoms with Crippen molar-refractivity contribution in [3.05, 3.63) is 11.6 Å². The Morgan fingerprint density at radius 3 is 2.47 bits per heavy atom. The predicted octanol–water partition coefficient (Wildman–Crippen LogP) is 7.37. The summed E-state index contributed by atoms with van der Waals surface area (Å²) in [5, 5.41) is 0. The van der Waals surface area contributed by atoms with Crippen molar-refractivity contribution in [1.29, 1.82) is 0 Å². The first-order valence-corrected chi connectivity index (χ1v) is 15.3. The topological polar surface area (TPSA) is 43.4 Å². The summed E-state index contributed by atoms with van der Waals surface area (Å²) in [6.45, 7) is 12.4. The van der Waals surface area contributed by atoms with Crippen molar-refractivity contribution in [3.63, 3.8) is 0 Å². The van der Waals surface area contributed by atoms with Crippen molar-refractivity contribution in [2.24, 2.45) is 46.3 Å². The minimum atomic E-state index is -3.38. The van der Waals surface area contributed by atoms with Crippen LogP contribution < -0.4 is 0 Å². The summed E-state index contributed by atoms with van der Waals surface area (Å²) in [6.07, 6.45) is 17.3. The number of hydrogen-bond donors (Lipinski definition) is 0. The zero-order chi connectivity index (χ0) is 23.3. The average molecular weight is 465 g/mol. The molecule has 0 heterocycles. The minimum Gasteiger partial charge on any atom is -0.267 e. The normalized spacial score (nSPS) is 42.7. The molecule has 32 heavy (non-hydrogen) atoms. The molecule has 3 nitrogen and oxygen atoms in total. The summed E-state index contributed by atoms with van der Waals surface area (Å²) < 4.78 is 28.8. The van der Waals surface area contributed by atoms with E-state index in [0.29, 0.717) is 5.41 Å². The zero-order valence-corrected chi connectivity index (χ0v) is 22.3. The Bertz CT molecular complexity index is 815. The lowest BCUT2D eigenvalue weighted by molar-refractivity contribution is -0.0556. The predicted molar refractivity (Wildman–Crippen MR) is 133 cm³/mol. The van der Waals surface area contributed by atoms with Gasteiger partial charge < -0.3 is 0 Å². The second-order valence-corrected chi connectivity index (χ2v) is 14.6. The molecule has 0 N–H and O–H groups in total. The lowest BCUT2D eigenvalue weighted by Gasteiger charge is -2.58. The van der Waals surface area contributed by atoms with Crippen molar-refractivity contribution >= 4 is 10.1 Å². The maximum Gasteiger partial charge on any atom is 0.264 e. The molecule has 5 unspecified atom stereocenters. The highest BCUT2D eigenvalue weighted by atomic mass is 32.2. The highest BCUT2D eigenvalue weighted by molar-refractivity contribution is 7.86. The van der Waals surface area contributed by atoms with Crippen molar-refractivity contribution in [3.8, 4) is 0 Å². The quantitative estimate of drug-likeness (QED) is 0.292. The molecular weight excluding hydrogens is 416 g/mol. The number of fused-ring (bicyclic) bond motifs is 5. The molecule has 0 saturated heterocycles. The number of hydrogen-bond acceptors (Lipinski definition) is 3. The maximum atomic E-state index is 11.7. The van der Waals surface area contributed by atoms with Gasteiger partial charge in [0.1, 0.15) is 0 Å². The van der Waals surface area contributed by atoms with E-state index in [0.717, 1.165) is 54.8 Å². The summed E-state index contributed by atoms with van der Waals surface area (Å²) in [5.41, 5.74) is 2.28. The van der Waals surface area contributed by atoms with E-state index in [1.165, 1.54) is 63.2 Å². The molecule has 3 saturated carbocycles. The molecule has 0 aliphatic heterocycles. The fraction of sp³-hybridized carbons (Fsp3) is 0.929. The third kappa shape index (κ3) is 4.61. The largest absolute Gasteiger partial charge is 0.267 e. The van der Waals surface area contributed by atoms with Crippen LogP contribution in [0.1, 0.15) is 105 Å². The Balaban J connectivity index is 1.47. The Morgan fingerprint density at radius 1 is 1.03 bits per heavy atom. The smallest absolute Gasteiger partial charge is 0.264 e. The van der Waals surface area contributed by atoms with E-state index in [9.17, 15) is 8.42 Å². The molecule has 4 rings (SSSR count). The molecule has 0 radical (unpaired) electrons. The molecule has 4 aliphatic rings. The molecule has 184 valence electrons. The van der Waals surface area contributed by atoms with Crippen LogP contribution in [0.5, 0.6) is 0 Å². The van der Waals surface area contributed by atoms with Crippen LogP contribution in [0.2, 0.25) is 0 Å². The minimum absolute atomic E-state index is 0.155. The van der Waals surface area contributed by atoms with Crippen LogP contribution in [0.3, 0.4) is 0 Å². The highest BCUT2D eigenvalue weighted by Gasteiger charge is 2.59. The fourth-order valence-electron chi connectivity index (χ4n) is 8.98. The summed E-state index contributed by atoms with van der Waals surface area (Å²) in [6, 6.07) is 0. The van der Waals surface area contributed by atoms with Crippen molar-refractivity contribution in [1.82, 2.24) is 0 Å². The average Bonchev–Trinajstić information content (AvgIpc) is 3.04. The van der Waals surface area contributed by atoms with Crippen LogP contribution in [0, 0.1) is 46.3 Å². The van der Waals surface area contributed by atoms with Crippen LogP contribution in [-0.4, -0.2) is 20.8 Å². The highest BCUT2D eigenvalue weighted by Crippen LogP contribution is 2.67. The summed E-state index contributed by atoms with van der Waals surface area (Å²) in [7, 11) is -3.38. The monoisotopic (exact) mass is 464 g/mol. The summed E-state index contributed by atoms with van der Waals surface area (Å²) in [5.74, 6) is 5.05. The van der Waals surface area contributed by atoms with Crippen LogP contribution in [0.25, 0.3) is 0 Å². The van der Waals surface area contributed by atoms with E-state index in [2.05, 4.69) is 40.7 Å². The van der Waals surface area contributed by atoms with Crippen LogP contribution in [-0.2, 0) is 14.3 Å². The van der Waals surface area contributed by atoms with E-state index in [1.807, 2.05) is 0 Å². The Kier molecular flexibility index (Phi) is 6.98. The van der Waals surface area contributed by atoms with Gasteiger partial charge in [0.15, 0.2) is 0 Å². The maximum absolute atomic E-state index is 11.7. The first kappa shape index (κ1) is 24.8. The van der Waals surface area contributed by atoms with Gasteiger partial charge in [-0.2, -0.15) is 8.42 Å². The van der Waals surface area contributed by atoms with E-state index in [1.54, 1.807) is 0 Å². The van der Waals surface area contributed by atoms with Gasteiger partial charge in [0, 0.05) is 0 Å². The van der Waals surface area contributed by atoms with Crippen molar-refractivity contribution in [2.75, 3.05) is 6.26 Å². The van der Waals surface area contributed by atoms with Gasteiger partial charge in [-0.15, -0.1) is 0 Å². The number of allylic oxidation sites excluding steroid dienone is 1. The molecule has 0 aromatic carbocycles. The second-order valence-electron chi connectivity index (χ2n) is 13.0. The standard InChI is InChI=1S/C28H48O3S/c1-19(2)8-7-9-20(3)24-12-13-25-23-11-10-21-18-22(31-32(6,29)30)14-16-27(21,4)26(23)15-17-28(24,25)5/h10,19-20,22-26H,7-9,11-18H2,1-6H3/t20-,22-,23+,24?,25?,26?,27?,28?/m1/s1. The van der Waals surface area contributed by atoms with Gasteiger partial charge >= 0.3 is 0 Å². The molecule has 8 atom stereocenters. The van der Waals surface area contributed by atoms with Crippen LogP contribution in [0.15, 0.2) is 11.6 Å². The van der Waals surface area contributed by atoms with Gasteiger partial charge in [-0.1, -0.05) is 65.5 Å². The molecule has 4 aliphatic carbocycles. The van der Waals surface area contributed by atoms with Gasteiger partial charge in [-0.3, -0.25) is 4.18 Å². The lowest BCUT2D eigenvalue weighted by atomic mass is 9.47. The summed E-state index contributed by atoms with van der Waals surface area (Å²) in [4.78, 5) is 0. The fourth-order valence-corrected chi connectivity index (χ4v) is 9.64. The van der Waals surface area contributed by atoms with Gasteiger partial charge in [0.25, 0.3) is 10.1 Å². The van der Waals surface area contributed by atoms with E-state index in [4.69, 9.17) is 4.18 Å². The SMILES string of the molecule is CC(C)CCC[C@@H](C)C1CCC2[C@@H]3CC=C4C[C@H](OS(C)(=O)=O)CCC4(C)C3CCC21C. The van der Waals surface area contributed by atoms with Gasteiger partial charge in [0.2, 0.25) is 0 Å². The van der Waals surface area contributed by atoms with E-state index in [-0.39, 0.29) is 11.5 Å². The second kappa shape index (κ2) is 9.02. The number of rotatable bonds is 7. The molecule has 0 spiro atoms. The zero-order valence-electron chi connectivity index (χ0n) is 21.5. The third-order valence-corrected chi connectivity index (χ3v) is 11.2. The first-order chi connectivity index (χ1) is 14.9. The molecule has 0 amide bonds. The Labute approximate surface area is 198 Å². The molecule has 0 bridgehead atoms. The molecule has 3 fully saturated rings. The Hall–Kier alpha value is -0.350. The molecular formula is C28H48O3S. The van der Waals surface area contributed by atoms with Crippen LogP contribution >= 0.6 is 0 Å². The van der Waals surface area contributed by atoms with Crippen molar-refractivity contribution < 1.29 is 12.6 Å². The van der Waals surface area contributed by atoms with Gasteiger partial charge in [-0.05, 0) is 97.7 Å². The molecule has 4 heteroatoms. The van der Waals surface area contributed by atoms with E-state index >= 15 is 0 Å². The first-order valence-electron chi connectivity index (χ1n) is 13.5. The summed E-state index contributed by atoms with van der Waals surface area (Å²) >= 11 is 0. The molecule has 0 aromatic rings. The van der Waals surface area contributed by atoms with Gasteiger partial charge in [-0.25, -0.2) is 0 Å². The third-order valence-electron chi connectivity index (χ3n) is 10.6.